The predicted molar refractivity (Wildman–Crippen MR) is 123 cm³/mol. The van der Waals surface area contributed by atoms with Crippen LogP contribution in [0.1, 0.15) is 36.8 Å². The predicted octanol–water partition coefficient (Wildman–Crippen LogP) is 3.26. The van der Waals surface area contributed by atoms with Gasteiger partial charge < -0.3 is 24.8 Å². The van der Waals surface area contributed by atoms with Gasteiger partial charge in [0.15, 0.2) is 5.96 Å². The van der Waals surface area contributed by atoms with Gasteiger partial charge in [0.2, 0.25) is 0 Å². The fraction of sp³-hybridized carbons (Fsp3) is 0.667. The lowest BCUT2D eigenvalue weighted by atomic mass is 9.94. The summed E-state index contributed by atoms with van der Waals surface area (Å²) in [5.74, 6) is 2.49. The van der Waals surface area contributed by atoms with Crippen LogP contribution in [0.15, 0.2) is 23.2 Å². The molecule has 1 saturated carbocycles. The summed E-state index contributed by atoms with van der Waals surface area (Å²) in [6, 6.07) is 6.38. The van der Waals surface area contributed by atoms with Crippen LogP contribution in [0.5, 0.6) is 5.75 Å². The van der Waals surface area contributed by atoms with E-state index in [4.69, 9.17) is 14.2 Å². The quantitative estimate of drug-likeness (QED) is 0.324. The lowest BCUT2D eigenvalue weighted by Gasteiger charge is -2.36. The van der Waals surface area contributed by atoms with E-state index in [9.17, 15) is 0 Å². The molecule has 2 fully saturated rings. The van der Waals surface area contributed by atoms with Crippen molar-refractivity contribution in [2.45, 2.75) is 44.8 Å². The van der Waals surface area contributed by atoms with Crippen LogP contribution in [0.3, 0.4) is 0 Å². The summed E-state index contributed by atoms with van der Waals surface area (Å²) in [4.78, 5) is 4.35. The van der Waals surface area contributed by atoms with Gasteiger partial charge in [-0.1, -0.05) is 12.1 Å². The monoisotopic (exact) mass is 503 g/mol. The Kier molecular flexibility index (Phi) is 9.30. The minimum atomic E-state index is -0.182. The Morgan fingerprint density at radius 3 is 2.64 bits per heavy atom. The van der Waals surface area contributed by atoms with Gasteiger partial charge in [0.25, 0.3) is 0 Å². The zero-order valence-electron chi connectivity index (χ0n) is 17.3. The second-order valence-corrected chi connectivity index (χ2v) is 7.64. The largest absolute Gasteiger partial charge is 0.493 e. The van der Waals surface area contributed by atoms with Crippen molar-refractivity contribution in [3.05, 3.63) is 29.3 Å². The number of nitrogens with one attached hydrogen (secondary N) is 2. The average Bonchev–Trinajstić information content (AvgIpc) is 3.53. The van der Waals surface area contributed by atoms with Crippen molar-refractivity contribution in [2.75, 3.05) is 40.5 Å². The molecule has 158 valence electrons. The second kappa shape index (κ2) is 11.2. The Morgan fingerprint density at radius 2 is 2.00 bits per heavy atom. The summed E-state index contributed by atoms with van der Waals surface area (Å²) < 4.78 is 17.3. The summed E-state index contributed by atoms with van der Waals surface area (Å²) >= 11 is 0. The second-order valence-electron chi connectivity index (χ2n) is 7.64. The molecule has 2 N–H and O–H groups in total. The van der Waals surface area contributed by atoms with E-state index in [0.717, 1.165) is 55.9 Å². The number of methoxy groups -OCH3 is 1. The molecule has 1 heterocycles. The van der Waals surface area contributed by atoms with Crippen LogP contribution in [-0.2, 0) is 16.0 Å². The van der Waals surface area contributed by atoms with Gasteiger partial charge in [-0.05, 0) is 37.3 Å². The topological polar surface area (TPSA) is 64.1 Å². The van der Waals surface area contributed by atoms with Gasteiger partial charge in [-0.25, -0.2) is 0 Å². The Balaban J connectivity index is 0.00000280. The fourth-order valence-electron chi connectivity index (χ4n) is 3.28. The van der Waals surface area contributed by atoms with E-state index in [1.807, 2.05) is 0 Å². The van der Waals surface area contributed by atoms with Gasteiger partial charge in [0.05, 0.1) is 12.2 Å². The molecule has 0 spiro atoms. The van der Waals surface area contributed by atoms with Gasteiger partial charge in [-0.15, -0.1) is 24.0 Å². The smallest absolute Gasteiger partial charge is 0.191 e. The zero-order valence-corrected chi connectivity index (χ0v) is 19.6. The third-order valence-corrected chi connectivity index (χ3v) is 5.48. The Bertz CT molecular complexity index is 644. The molecule has 1 aromatic rings. The highest BCUT2D eigenvalue weighted by molar-refractivity contribution is 14.0. The molecule has 28 heavy (non-hydrogen) atoms. The first-order valence-electron chi connectivity index (χ1n) is 9.94. The van der Waals surface area contributed by atoms with E-state index >= 15 is 0 Å². The van der Waals surface area contributed by atoms with Crippen molar-refractivity contribution in [3.8, 4) is 5.75 Å². The summed E-state index contributed by atoms with van der Waals surface area (Å²) in [5.41, 5.74) is 2.18. The standard InChI is InChI=1S/C21H33N3O3.HI/c1-16-4-7-18(19(12-16)27-14-17-5-6-17)13-23-20(22-2)24-15-21(25-3)8-10-26-11-9-21;/h4,7,12,17H,5-6,8-11,13-15H2,1-3H3,(H2,22,23,24);1H. The molecule has 0 amide bonds. The van der Waals surface area contributed by atoms with Crippen molar-refractivity contribution < 1.29 is 14.2 Å². The number of ether oxygens (including phenoxy) is 3. The number of hydrogen-bond acceptors (Lipinski definition) is 4. The number of benzene rings is 1. The molecule has 1 aromatic carbocycles. The van der Waals surface area contributed by atoms with E-state index in [1.165, 1.54) is 18.4 Å². The van der Waals surface area contributed by atoms with Crippen LogP contribution in [-0.4, -0.2) is 52.1 Å². The van der Waals surface area contributed by atoms with Gasteiger partial charge >= 0.3 is 0 Å². The highest BCUT2D eigenvalue weighted by atomic mass is 127. The van der Waals surface area contributed by atoms with Gasteiger partial charge in [-0.2, -0.15) is 0 Å². The number of guanidine groups is 1. The molecule has 7 heteroatoms. The summed E-state index contributed by atoms with van der Waals surface area (Å²) in [5, 5.41) is 6.81. The van der Waals surface area contributed by atoms with Crippen LogP contribution in [0.2, 0.25) is 0 Å². The Morgan fingerprint density at radius 1 is 1.25 bits per heavy atom. The maximum atomic E-state index is 6.06. The maximum absolute atomic E-state index is 6.06. The van der Waals surface area contributed by atoms with E-state index in [2.05, 4.69) is 40.7 Å². The number of halogens is 1. The third kappa shape index (κ3) is 6.77. The lowest BCUT2D eigenvalue weighted by molar-refractivity contribution is -0.0855. The van der Waals surface area contributed by atoms with Crippen LogP contribution >= 0.6 is 24.0 Å². The first kappa shape index (κ1) is 23.2. The minimum absolute atomic E-state index is 0. The summed E-state index contributed by atoms with van der Waals surface area (Å²) in [6.45, 7) is 5.79. The van der Waals surface area contributed by atoms with Crippen molar-refractivity contribution in [1.82, 2.24) is 10.6 Å². The summed E-state index contributed by atoms with van der Waals surface area (Å²) in [6.07, 6.45) is 4.37. The third-order valence-electron chi connectivity index (χ3n) is 5.48. The van der Waals surface area contributed by atoms with Crippen LogP contribution in [0, 0.1) is 12.8 Å². The SMILES string of the molecule is CN=C(NCc1ccc(C)cc1OCC1CC1)NCC1(OC)CCOCC1.I. The van der Waals surface area contributed by atoms with Crippen molar-refractivity contribution >= 4 is 29.9 Å². The van der Waals surface area contributed by atoms with E-state index in [0.29, 0.717) is 13.1 Å². The van der Waals surface area contributed by atoms with Crippen LogP contribution in [0.25, 0.3) is 0 Å². The van der Waals surface area contributed by atoms with Crippen molar-refractivity contribution in [2.24, 2.45) is 10.9 Å². The highest BCUT2D eigenvalue weighted by Crippen LogP contribution is 2.30. The first-order valence-corrected chi connectivity index (χ1v) is 9.94. The molecular weight excluding hydrogens is 469 g/mol. The molecule has 0 aromatic heterocycles. The normalized spacial score (nSPS) is 18.9. The molecule has 0 bridgehead atoms. The number of rotatable bonds is 8. The molecule has 0 unspecified atom stereocenters. The average molecular weight is 503 g/mol. The van der Waals surface area contributed by atoms with Gasteiger partial charge in [-0.3, -0.25) is 4.99 Å². The Hall–Kier alpha value is -1.06. The molecule has 0 radical (unpaired) electrons. The number of aryl methyl sites for hydroxylation is 1. The van der Waals surface area contributed by atoms with Crippen molar-refractivity contribution in [3.63, 3.8) is 0 Å². The molecular formula is C21H34IN3O3. The van der Waals surface area contributed by atoms with E-state index < -0.39 is 0 Å². The first-order chi connectivity index (χ1) is 13.1. The number of aliphatic imine (C=N–C) groups is 1. The molecule has 0 atom stereocenters. The minimum Gasteiger partial charge on any atom is -0.493 e. The van der Waals surface area contributed by atoms with Gasteiger partial charge in [0.1, 0.15) is 5.75 Å². The fourth-order valence-corrected chi connectivity index (χ4v) is 3.28. The van der Waals surface area contributed by atoms with Gasteiger partial charge in [0, 0.05) is 58.9 Å². The van der Waals surface area contributed by atoms with Crippen LogP contribution in [0.4, 0.5) is 0 Å². The molecule has 1 saturated heterocycles. The zero-order chi connectivity index (χ0) is 19.1. The number of nitrogens with zero attached hydrogens (tertiary/aromatic N) is 1. The molecule has 2 aliphatic rings. The number of hydrogen-bond donors (Lipinski definition) is 2. The van der Waals surface area contributed by atoms with E-state index in [1.54, 1.807) is 14.2 Å². The van der Waals surface area contributed by atoms with Crippen molar-refractivity contribution in [1.29, 1.82) is 0 Å². The summed E-state index contributed by atoms with van der Waals surface area (Å²) in [7, 11) is 3.57. The maximum Gasteiger partial charge on any atom is 0.191 e. The van der Waals surface area contributed by atoms with Crippen LogP contribution < -0.4 is 15.4 Å². The van der Waals surface area contributed by atoms with E-state index in [-0.39, 0.29) is 29.6 Å². The molecule has 1 aliphatic heterocycles. The Labute approximate surface area is 185 Å². The molecule has 1 aliphatic carbocycles. The highest BCUT2D eigenvalue weighted by Gasteiger charge is 2.32. The molecule has 6 nitrogen and oxygen atoms in total. The molecule has 3 rings (SSSR count). The lowest BCUT2D eigenvalue weighted by Crippen LogP contribution is -2.50.